The Morgan fingerprint density at radius 3 is 2.96 bits per heavy atom. The maximum Gasteiger partial charge on any atom is 0.275 e. The number of thiazole rings is 1. The van der Waals surface area contributed by atoms with Gasteiger partial charge in [-0.2, -0.15) is 0 Å². The summed E-state index contributed by atoms with van der Waals surface area (Å²) in [5, 5.41) is 4.41. The average molecular weight is 345 g/mol. The highest BCUT2D eigenvalue weighted by molar-refractivity contribution is 7.18. The molecule has 24 heavy (non-hydrogen) atoms. The quantitative estimate of drug-likeness (QED) is 0.874. The van der Waals surface area contributed by atoms with Gasteiger partial charge in [0.05, 0.1) is 16.8 Å². The Morgan fingerprint density at radius 1 is 1.33 bits per heavy atom. The van der Waals surface area contributed by atoms with Gasteiger partial charge in [0.1, 0.15) is 6.04 Å². The van der Waals surface area contributed by atoms with E-state index >= 15 is 0 Å². The van der Waals surface area contributed by atoms with Crippen molar-refractivity contribution in [3.63, 3.8) is 0 Å². The number of quaternary nitrogens is 1. The number of para-hydroxylation sites is 1. The first-order chi connectivity index (χ1) is 11.7. The molecule has 5 heteroatoms. The van der Waals surface area contributed by atoms with Crippen LogP contribution in [0.1, 0.15) is 50.1 Å². The molecule has 1 saturated heterocycles. The fraction of sp³-hybridized carbons (Fsp3) is 0.579. The van der Waals surface area contributed by atoms with Crippen molar-refractivity contribution in [2.24, 2.45) is 5.92 Å². The predicted molar refractivity (Wildman–Crippen MR) is 97.2 cm³/mol. The first-order valence-electron chi connectivity index (χ1n) is 9.20. The molecular formula is C19H26N3OS+. The van der Waals surface area contributed by atoms with E-state index in [2.05, 4.69) is 30.4 Å². The molecule has 1 amide bonds. The van der Waals surface area contributed by atoms with Gasteiger partial charge in [-0.15, -0.1) is 11.3 Å². The Bertz CT molecular complexity index is 691. The number of carbonyl (C=O) groups is 1. The van der Waals surface area contributed by atoms with Gasteiger partial charge in [0.25, 0.3) is 5.91 Å². The molecule has 3 atom stereocenters. The van der Waals surface area contributed by atoms with Crippen LogP contribution in [0.3, 0.4) is 0 Å². The van der Waals surface area contributed by atoms with Crippen LogP contribution in [0.4, 0.5) is 0 Å². The van der Waals surface area contributed by atoms with Gasteiger partial charge in [-0.1, -0.05) is 12.1 Å². The van der Waals surface area contributed by atoms with E-state index in [1.54, 1.807) is 11.3 Å². The summed E-state index contributed by atoms with van der Waals surface area (Å²) in [6.07, 6.45) is 6.13. The number of piperidine rings is 1. The highest BCUT2D eigenvalue weighted by Gasteiger charge is 2.33. The Balaban J connectivity index is 1.46. The molecule has 1 aliphatic heterocycles. The standard InChI is InChI=1S/C19H25N3OS/c1-13(14-9-10-14)20-18(23)12-22-11-5-4-7-16(22)19-21-15-6-2-3-8-17(15)24-19/h2-3,6,8,13-14,16H,4-5,7,9-12H2,1H3,(H,20,23)/p+1/t13-,16-/m1/s1. The number of nitrogens with zero attached hydrogens (tertiary/aromatic N) is 1. The fourth-order valence-electron chi connectivity index (χ4n) is 3.85. The van der Waals surface area contributed by atoms with Gasteiger partial charge in [0.15, 0.2) is 11.6 Å². The van der Waals surface area contributed by atoms with Crippen molar-refractivity contribution in [3.05, 3.63) is 29.3 Å². The highest BCUT2D eigenvalue weighted by Crippen LogP contribution is 2.32. The minimum absolute atomic E-state index is 0.206. The number of hydrogen-bond donors (Lipinski definition) is 2. The summed E-state index contributed by atoms with van der Waals surface area (Å²) in [6, 6.07) is 9.05. The van der Waals surface area contributed by atoms with E-state index in [1.165, 1.54) is 40.3 Å². The largest absolute Gasteiger partial charge is 0.348 e. The summed E-state index contributed by atoms with van der Waals surface area (Å²) in [5.74, 6) is 0.919. The molecule has 4 rings (SSSR count). The van der Waals surface area contributed by atoms with Gasteiger partial charge in [-0.25, -0.2) is 4.98 Å². The van der Waals surface area contributed by atoms with Gasteiger partial charge < -0.3 is 10.2 Å². The zero-order valence-electron chi connectivity index (χ0n) is 14.3. The monoisotopic (exact) mass is 344 g/mol. The normalized spacial score (nSPS) is 25.5. The van der Waals surface area contributed by atoms with Crippen molar-refractivity contribution in [2.45, 2.75) is 51.1 Å². The number of rotatable bonds is 5. The number of aromatic nitrogens is 1. The molecule has 0 spiro atoms. The van der Waals surface area contributed by atoms with Crippen LogP contribution in [-0.4, -0.2) is 30.0 Å². The lowest BCUT2D eigenvalue weighted by atomic mass is 10.0. The lowest BCUT2D eigenvalue weighted by Gasteiger charge is -2.31. The van der Waals surface area contributed by atoms with Gasteiger partial charge in [-0.3, -0.25) is 4.79 Å². The minimum atomic E-state index is 0.206. The number of carbonyl (C=O) groups excluding carboxylic acids is 1. The van der Waals surface area contributed by atoms with Crippen molar-refractivity contribution in [1.82, 2.24) is 10.3 Å². The number of likely N-dealkylation sites (tertiary alicyclic amines) is 1. The molecule has 4 nitrogen and oxygen atoms in total. The van der Waals surface area contributed by atoms with Crippen molar-refractivity contribution in [1.29, 1.82) is 0 Å². The van der Waals surface area contributed by atoms with Gasteiger partial charge in [0, 0.05) is 12.5 Å². The Morgan fingerprint density at radius 2 is 2.17 bits per heavy atom. The molecule has 2 aromatic rings. The molecule has 128 valence electrons. The average Bonchev–Trinajstić information content (AvgIpc) is 3.34. The molecule has 2 fully saturated rings. The van der Waals surface area contributed by atoms with E-state index in [0.29, 0.717) is 24.5 Å². The molecule has 1 aromatic heterocycles. The number of amides is 1. The molecule has 1 unspecified atom stereocenters. The van der Waals surface area contributed by atoms with E-state index in [4.69, 9.17) is 4.98 Å². The van der Waals surface area contributed by atoms with Crippen LogP contribution in [0, 0.1) is 5.92 Å². The molecule has 1 aliphatic carbocycles. The van der Waals surface area contributed by atoms with Crippen molar-refractivity contribution in [3.8, 4) is 0 Å². The van der Waals surface area contributed by atoms with E-state index < -0.39 is 0 Å². The minimum Gasteiger partial charge on any atom is -0.348 e. The lowest BCUT2D eigenvalue weighted by molar-refractivity contribution is -0.929. The summed E-state index contributed by atoms with van der Waals surface area (Å²) in [7, 11) is 0. The third kappa shape index (κ3) is 3.47. The van der Waals surface area contributed by atoms with Crippen LogP contribution in [-0.2, 0) is 4.79 Å². The van der Waals surface area contributed by atoms with Crippen LogP contribution < -0.4 is 10.2 Å². The van der Waals surface area contributed by atoms with Crippen LogP contribution >= 0.6 is 11.3 Å². The molecule has 2 N–H and O–H groups in total. The molecule has 2 heterocycles. The van der Waals surface area contributed by atoms with Crippen molar-refractivity contribution < 1.29 is 9.69 Å². The second kappa shape index (κ2) is 6.81. The Kier molecular flexibility index (Phi) is 4.55. The SMILES string of the molecule is C[C@@H](NC(=O)C[NH+]1CCCC[C@@H]1c1nc2ccccc2s1)C1CC1. The van der Waals surface area contributed by atoms with E-state index in [-0.39, 0.29) is 5.91 Å². The van der Waals surface area contributed by atoms with Crippen molar-refractivity contribution >= 4 is 27.5 Å². The summed E-state index contributed by atoms with van der Waals surface area (Å²) < 4.78 is 1.25. The summed E-state index contributed by atoms with van der Waals surface area (Å²) in [5.41, 5.74) is 1.09. The third-order valence-electron chi connectivity index (χ3n) is 5.45. The van der Waals surface area contributed by atoms with Crippen LogP contribution in [0.15, 0.2) is 24.3 Å². The third-order valence-corrected chi connectivity index (χ3v) is 6.60. The second-order valence-corrected chi connectivity index (χ2v) is 8.41. The number of nitrogens with one attached hydrogen (secondary N) is 2. The summed E-state index contributed by atoms with van der Waals surface area (Å²) in [6.45, 7) is 3.80. The summed E-state index contributed by atoms with van der Waals surface area (Å²) >= 11 is 1.80. The highest BCUT2D eigenvalue weighted by atomic mass is 32.1. The Labute approximate surface area is 147 Å². The number of benzene rings is 1. The first kappa shape index (κ1) is 16.0. The zero-order valence-corrected chi connectivity index (χ0v) is 15.1. The molecule has 1 saturated carbocycles. The predicted octanol–water partition coefficient (Wildman–Crippen LogP) is 2.32. The molecule has 2 aliphatic rings. The molecular weight excluding hydrogens is 318 g/mol. The maximum atomic E-state index is 12.5. The zero-order chi connectivity index (χ0) is 16.5. The van der Waals surface area contributed by atoms with Crippen LogP contribution in [0.2, 0.25) is 0 Å². The molecule has 0 radical (unpaired) electrons. The van der Waals surface area contributed by atoms with Crippen molar-refractivity contribution in [2.75, 3.05) is 13.1 Å². The van der Waals surface area contributed by atoms with Crippen LogP contribution in [0.25, 0.3) is 10.2 Å². The van der Waals surface area contributed by atoms with Gasteiger partial charge in [-0.05, 0) is 50.7 Å². The smallest absolute Gasteiger partial charge is 0.275 e. The molecule has 1 aromatic carbocycles. The van der Waals surface area contributed by atoms with Gasteiger partial charge >= 0.3 is 0 Å². The van der Waals surface area contributed by atoms with E-state index in [0.717, 1.165) is 18.5 Å². The summed E-state index contributed by atoms with van der Waals surface area (Å²) in [4.78, 5) is 18.7. The fourth-order valence-corrected chi connectivity index (χ4v) is 5.01. The number of hydrogen-bond acceptors (Lipinski definition) is 3. The Hall–Kier alpha value is -1.46. The van der Waals surface area contributed by atoms with E-state index in [9.17, 15) is 4.79 Å². The van der Waals surface area contributed by atoms with Gasteiger partial charge in [0.2, 0.25) is 0 Å². The second-order valence-electron chi connectivity index (χ2n) is 7.35. The molecule has 0 bridgehead atoms. The first-order valence-corrected chi connectivity index (χ1v) is 10.0. The number of fused-ring (bicyclic) bond motifs is 1. The lowest BCUT2D eigenvalue weighted by Crippen LogP contribution is -3.14. The maximum absolute atomic E-state index is 12.5. The van der Waals surface area contributed by atoms with E-state index in [1.807, 2.05) is 6.07 Å². The topological polar surface area (TPSA) is 46.4 Å². The van der Waals surface area contributed by atoms with Crippen LogP contribution in [0.5, 0.6) is 0 Å².